The fourth-order valence-electron chi connectivity index (χ4n) is 9.05. The first kappa shape index (κ1) is 44.1. The van der Waals surface area contributed by atoms with Gasteiger partial charge >= 0.3 is 5.69 Å². The molecule has 0 spiro atoms. The second kappa shape index (κ2) is 21.7. The second-order valence-electron chi connectivity index (χ2n) is 16.2. The predicted molar refractivity (Wildman–Crippen MR) is 255 cm³/mol. The molecule has 1 atom stereocenters. The zero-order valence-electron chi connectivity index (χ0n) is 35.2. The van der Waals surface area contributed by atoms with E-state index in [4.69, 9.17) is 11.6 Å². The van der Waals surface area contributed by atoms with E-state index in [0.717, 1.165) is 94.5 Å². The maximum Gasteiger partial charge on any atom is 0.326 e. The van der Waals surface area contributed by atoms with Gasteiger partial charge in [0, 0.05) is 70.5 Å². The Hall–Kier alpha value is -4.99. The highest BCUT2D eigenvalue weighted by molar-refractivity contribution is 6.30. The Labute approximate surface area is 372 Å². The number of nitrogens with zero attached hydrogens (tertiary/aromatic N) is 5. The molecule has 0 amide bonds. The predicted octanol–water partition coefficient (Wildman–Crippen LogP) is 10.1. The molecule has 1 aromatic heterocycles. The summed E-state index contributed by atoms with van der Waals surface area (Å²) in [6.07, 6.45) is 0.975. The van der Waals surface area contributed by atoms with Crippen molar-refractivity contribution in [2.75, 3.05) is 58.9 Å². The number of H-pyrrole nitrogens is 1. The third-order valence-electron chi connectivity index (χ3n) is 12.1. The smallest absolute Gasteiger partial charge is 0.306 e. The van der Waals surface area contributed by atoms with Crippen LogP contribution in [0.25, 0.3) is 11.0 Å². The molecular formula is C52H58Cl2N6O. The molecule has 1 N–H and O–H groups in total. The fraction of sp³-hybridized carbons (Fsp3) is 0.288. The Morgan fingerprint density at radius 2 is 1.03 bits per heavy atom. The van der Waals surface area contributed by atoms with Crippen LogP contribution in [-0.2, 0) is 13.1 Å². The van der Waals surface area contributed by atoms with Crippen LogP contribution in [0.4, 0.5) is 0 Å². The van der Waals surface area contributed by atoms with Gasteiger partial charge in [-0.1, -0.05) is 157 Å². The Kier molecular flexibility index (Phi) is 15.7. The summed E-state index contributed by atoms with van der Waals surface area (Å²) in [4.78, 5) is 25.5. The topological polar surface area (TPSA) is 50.8 Å². The van der Waals surface area contributed by atoms with E-state index in [2.05, 4.69) is 159 Å². The minimum Gasteiger partial charge on any atom is -0.306 e. The molecule has 316 valence electrons. The van der Waals surface area contributed by atoms with Crippen molar-refractivity contribution in [1.29, 1.82) is 0 Å². The standard InChI is InChI=1S/C27H30N4O.C25H27ClN2.ClH/c32-27-28-24-14-7-8-15-25(24)31(27)17-9-16-29-18-20-30(21-19-29)26(22-10-3-1-4-11-22)23-12-5-2-6-13-23;1-20-6-5-7-21(18-20)19-27-14-16-28(17-15-27)25(22-8-3-2-4-9-22)23-10-12-24(26)13-11-23;/h1-8,10-15,26H,9,16-21H2,(H,28,32);2-13,18,25H,14-17,19H2,1H3;1H. The number of aromatic amines is 1. The quantitative estimate of drug-likeness (QED) is 0.133. The van der Waals surface area contributed by atoms with Gasteiger partial charge in [0.25, 0.3) is 0 Å². The first-order valence-corrected chi connectivity index (χ1v) is 21.9. The van der Waals surface area contributed by atoms with Gasteiger partial charge in [-0.15, -0.1) is 12.4 Å². The summed E-state index contributed by atoms with van der Waals surface area (Å²) in [5.74, 6) is 0. The van der Waals surface area contributed by atoms with E-state index in [0.29, 0.717) is 6.04 Å². The molecule has 2 fully saturated rings. The van der Waals surface area contributed by atoms with Crippen LogP contribution in [0.1, 0.15) is 51.9 Å². The van der Waals surface area contributed by atoms with Crippen molar-refractivity contribution < 1.29 is 0 Å². The molecule has 1 unspecified atom stereocenters. The number of imidazole rings is 1. The van der Waals surface area contributed by atoms with Gasteiger partial charge in [0.1, 0.15) is 0 Å². The van der Waals surface area contributed by atoms with Crippen LogP contribution in [0, 0.1) is 6.92 Å². The first-order valence-electron chi connectivity index (χ1n) is 21.5. The SMILES string of the molecule is Cc1cccc(CN2CCN(C(c3ccccc3)c3ccc(Cl)cc3)CC2)c1.Cl.O=c1[nH]c2ccccc2n1CCCN1CCN(C(c2ccccc2)c2ccccc2)CC1. The summed E-state index contributed by atoms with van der Waals surface area (Å²) in [7, 11) is 0. The van der Waals surface area contributed by atoms with Crippen molar-refractivity contribution >= 4 is 35.0 Å². The third kappa shape index (κ3) is 11.5. The van der Waals surface area contributed by atoms with Gasteiger partial charge in [-0.3, -0.25) is 19.3 Å². The van der Waals surface area contributed by atoms with Crippen molar-refractivity contribution in [3.8, 4) is 0 Å². The van der Waals surface area contributed by atoms with Crippen LogP contribution >= 0.6 is 24.0 Å². The molecule has 7 aromatic rings. The van der Waals surface area contributed by atoms with Crippen LogP contribution in [-0.4, -0.2) is 88.1 Å². The van der Waals surface area contributed by atoms with Gasteiger partial charge in [0.05, 0.1) is 23.1 Å². The number of hydrogen-bond donors (Lipinski definition) is 1. The summed E-state index contributed by atoms with van der Waals surface area (Å²) in [6, 6.07) is 58.2. The average Bonchev–Trinajstić information content (AvgIpc) is 3.61. The van der Waals surface area contributed by atoms with Crippen molar-refractivity contribution in [2.24, 2.45) is 0 Å². The molecule has 9 rings (SSSR count). The molecule has 61 heavy (non-hydrogen) atoms. The van der Waals surface area contributed by atoms with Crippen LogP contribution in [0.15, 0.2) is 169 Å². The zero-order chi connectivity index (χ0) is 41.1. The second-order valence-corrected chi connectivity index (χ2v) is 16.7. The monoisotopic (exact) mass is 852 g/mol. The normalized spacial score (nSPS) is 15.9. The van der Waals surface area contributed by atoms with Crippen LogP contribution in [0.5, 0.6) is 0 Å². The summed E-state index contributed by atoms with van der Waals surface area (Å²) in [6.45, 7) is 13.5. The number of rotatable bonds is 12. The number of hydrogen-bond acceptors (Lipinski definition) is 5. The fourth-order valence-corrected chi connectivity index (χ4v) is 9.18. The highest BCUT2D eigenvalue weighted by Crippen LogP contribution is 2.31. The lowest BCUT2D eigenvalue weighted by Gasteiger charge is -2.40. The van der Waals surface area contributed by atoms with E-state index in [9.17, 15) is 4.79 Å². The van der Waals surface area contributed by atoms with Crippen LogP contribution < -0.4 is 5.69 Å². The lowest BCUT2D eigenvalue weighted by atomic mass is 9.96. The lowest BCUT2D eigenvalue weighted by molar-refractivity contribution is 0.105. The molecule has 0 bridgehead atoms. The van der Waals surface area contributed by atoms with Crippen molar-refractivity contribution in [1.82, 2.24) is 29.2 Å². The number of halogens is 2. The van der Waals surface area contributed by atoms with Crippen molar-refractivity contribution in [2.45, 2.75) is 38.5 Å². The first-order chi connectivity index (χ1) is 29.5. The number of para-hydroxylation sites is 2. The highest BCUT2D eigenvalue weighted by Gasteiger charge is 2.28. The Balaban J connectivity index is 0.000000183. The van der Waals surface area contributed by atoms with Gasteiger partial charge in [-0.05, 0) is 72.0 Å². The number of nitrogens with one attached hydrogen (secondary N) is 1. The molecule has 9 heteroatoms. The summed E-state index contributed by atoms with van der Waals surface area (Å²) in [5.41, 5.74) is 10.0. The molecule has 2 aliphatic rings. The van der Waals surface area contributed by atoms with E-state index in [1.807, 2.05) is 41.0 Å². The van der Waals surface area contributed by atoms with Gasteiger partial charge in [0.15, 0.2) is 0 Å². The van der Waals surface area contributed by atoms with E-state index < -0.39 is 0 Å². The third-order valence-corrected chi connectivity index (χ3v) is 12.4. The average molecular weight is 854 g/mol. The van der Waals surface area contributed by atoms with Gasteiger partial charge in [0.2, 0.25) is 0 Å². The van der Waals surface area contributed by atoms with Crippen LogP contribution in [0.3, 0.4) is 0 Å². The molecule has 7 nitrogen and oxygen atoms in total. The van der Waals surface area contributed by atoms with E-state index in [-0.39, 0.29) is 24.1 Å². The minimum absolute atomic E-state index is 0. The number of aryl methyl sites for hydroxylation is 2. The van der Waals surface area contributed by atoms with Crippen LogP contribution in [0.2, 0.25) is 5.02 Å². The van der Waals surface area contributed by atoms with E-state index >= 15 is 0 Å². The summed E-state index contributed by atoms with van der Waals surface area (Å²) in [5, 5.41) is 0.790. The molecule has 0 radical (unpaired) electrons. The maximum absolute atomic E-state index is 12.3. The summed E-state index contributed by atoms with van der Waals surface area (Å²) >= 11 is 6.14. The number of aromatic nitrogens is 2. The molecule has 6 aromatic carbocycles. The van der Waals surface area contributed by atoms with Crippen molar-refractivity contribution in [3.05, 3.63) is 213 Å². The van der Waals surface area contributed by atoms with Gasteiger partial charge in [-0.25, -0.2) is 4.79 Å². The molecular weight excluding hydrogens is 796 g/mol. The van der Waals surface area contributed by atoms with E-state index in [1.54, 1.807) is 0 Å². The molecule has 0 aliphatic carbocycles. The Bertz CT molecular complexity index is 2380. The zero-order valence-corrected chi connectivity index (χ0v) is 36.7. The summed E-state index contributed by atoms with van der Waals surface area (Å²) < 4.78 is 1.87. The Morgan fingerprint density at radius 1 is 0.541 bits per heavy atom. The number of benzene rings is 6. The molecule has 0 saturated carbocycles. The van der Waals surface area contributed by atoms with Gasteiger partial charge < -0.3 is 9.88 Å². The lowest BCUT2D eigenvalue weighted by Crippen LogP contribution is -2.48. The van der Waals surface area contributed by atoms with Crippen molar-refractivity contribution in [3.63, 3.8) is 0 Å². The number of piperazine rings is 2. The molecule has 3 heterocycles. The minimum atomic E-state index is -0.00965. The van der Waals surface area contributed by atoms with E-state index in [1.165, 1.54) is 33.4 Å². The largest absolute Gasteiger partial charge is 0.326 e. The Morgan fingerprint density at radius 3 is 1.57 bits per heavy atom. The molecule has 2 saturated heterocycles. The maximum atomic E-state index is 12.3. The number of fused-ring (bicyclic) bond motifs is 1. The highest BCUT2D eigenvalue weighted by atomic mass is 35.5. The molecule has 2 aliphatic heterocycles. The van der Waals surface area contributed by atoms with Gasteiger partial charge in [-0.2, -0.15) is 0 Å².